The molecule has 25 heavy (non-hydrogen) atoms. The summed E-state index contributed by atoms with van der Waals surface area (Å²) >= 11 is 5.23. The number of nitrogens with one attached hydrogen (secondary N) is 2. The van der Waals surface area contributed by atoms with Crippen LogP contribution in [0, 0.1) is 0 Å². The first-order valence-electron chi connectivity index (χ1n) is 8.17. The van der Waals surface area contributed by atoms with Crippen LogP contribution in [0.5, 0.6) is 5.75 Å². The first-order valence-corrected chi connectivity index (χ1v) is 8.58. The third-order valence-corrected chi connectivity index (χ3v) is 3.79. The molecule has 0 heterocycles. The highest BCUT2D eigenvalue weighted by molar-refractivity contribution is 7.80. The smallest absolute Gasteiger partial charge is 0.191 e. The average molecular weight is 356 g/mol. The second-order valence-corrected chi connectivity index (χ2v) is 5.98. The van der Waals surface area contributed by atoms with Crippen molar-refractivity contribution < 1.29 is 4.74 Å². The SMILES string of the molecule is CCCN(C)c1ccc(C=NNC(=S)Nc2cccc(OC)c2)cc1. The van der Waals surface area contributed by atoms with E-state index < -0.39 is 0 Å². The Labute approximate surface area is 154 Å². The van der Waals surface area contributed by atoms with Gasteiger partial charge in [0.1, 0.15) is 5.75 Å². The van der Waals surface area contributed by atoms with Gasteiger partial charge in [-0.3, -0.25) is 5.43 Å². The number of nitrogens with zero attached hydrogens (tertiary/aromatic N) is 2. The van der Waals surface area contributed by atoms with Crippen molar-refractivity contribution in [3.63, 3.8) is 0 Å². The van der Waals surface area contributed by atoms with Crippen molar-refractivity contribution in [2.24, 2.45) is 5.10 Å². The number of hydrogen-bond acceptors (Lipinski definition) is 4. The summed E-state index contributed by atoms with van der Waals surface area (Å²) in [5.41, 5.74) is 5.86. The van der Waals surface area contributed by atoms with Crippen LogP contribution in [0.4, 0.5) is 11.4 Å². The third-order valence-electron chi connectivity index (χ3n) is 3.60. The molecule has 0 spiro atoms. The minimum absolute atomic E-state index is 0.420. The molecule has 0 aliphatic rings. The molecule has 5 nitrogen and oxygen atoms in total. The van der Waals surface area contributed by atoms with Crippen LogP contribution in [0.1, 0.15) is 18.9 Å². The predicted octanol–water partition coefficient (Wildman–Crippen LogP) is 3.86. The summed E-state index contributed by atoms with van der Waals surface area (Å²) in [5, 5.41) is 7.65. The van der Waals surface area contributed by atoms with Crippen molar-refractivity contribution in [1.82, 2.24) is 5.43 Å². The van der Waals surface area contributed by atoms with E-state index in [0.29, 0.717) is 5.11 Å². The summed E-state index contributed by atoms with van der Waals surface area (Å²) in [6.07, 6.45) is 2.87. The summed E-state index contributed by atoms with van der Waals surface area (Å²) in [6.45, 7) is 3.21. The van der Waals surface area contributed by atoms with Gasteiger partial charge in [0.05, 0.1) is 13.3 Å². The van der Waals surface area contributed by atoms with Crippen molar-refractivity contribution in [2.75, 3.05) is 30.9 Å². The highest BCUT2D eigenvalue weighted by Gasteiger charge is 2.00. The van der Waals surface area contributed by atoms with E-state index in [9.17, 15) is 0 Å². The lowest BCUT2D eigenvalue weighted by atomic mass is 10.2. The maximum Gasteiger partial charge on any atom is 0.191 e. The Kier molecular flexibility index (Phi) is 7.22. The number of ether oxygens (including phenoxy) is 1. The second kappa shape index (κ2) is 9.64. The lowest BCUT2D eigenvalue weighted by molar-refractivity contribution is 0.415. The molecule has 0 aromatic heterocycles. The molecule has 0 bridgehead atoms. The van der Waals surface area contributed by atoms with E-state index in [1.807, 2.05) is 36.4 Å². The Morgan fingerprint density at radius 3 is 2.68 bits per heavy atom. The minimum atomic E-state index is 0.420. The first kappa shape index (κ1) is 18.7. The van der Waals surface area contributed by atoms with Crippen molar-refractivity contribution in [3.05, 3.63) is 54.1 Å². The van der Waals surface area contributed by atoms with Gasteiger partial charge in [-0.05, 0) is 48.5 Å². The van der Waals surface area contributed by atoms with E-state index in [1.165, 1.54) is 5.69 Å². The van der Waals surface area contributed by atoms with Crippen LogP contribution in [0.25, 0.3) is 0 Å². The second-order valence-electron chi connectivity index (χ2n) is 5.57. The van der Waals surface area contributed by atoms with E-state index in [2.05, 4.69) is 46.8 Å². The molecule has 0 fully saturated rings. The van der Waals surface area contributed by atoms with Crippen molar-refractivity contribution in [2.45, 2.75) is 13.3 Å². The number of methoxy groups -OCH3 is 1. The number of hydrazone groups is 1. The molecule has 0 saturated heterocycles. The van der Waals surface area contributed by atoms with Crippen molar-refractivity contribution in [3.8, 4) is 5.75 Å². The zero-order valence-electron chi connectivity index (χ0n) is 14.8. The summed E-state index contributed by atoms with van der Waals surface area (Å²) in [7, 11) is 3.72. The van der Waals surface area contributed by atoms with Crippen LogP contribution in [-0.2, 0) is 0 Å². The molecule has 6 heteroatoms. The number of benzene rings is 2. The van der Waals surface area contributed by atoms with Gasteiger partial charge in [0.2, 0.25) is 0 Å². The number of rotatable bonds is 7. The van der Waals surface area contributed by atoms with Gasteiger partial charge in [-0.2, -0.15) is 5.10 Å². The topological polar surface area (TPSA) is 48.9 Å². The first-order chi connectivity index (χ1) is 12.1. The molecular weight excluding hydrogens is 332 g/mol. The highest BCUT2D eigenvalue weighted by Crippen LogP contribution is 2.16. The quantitative estimate of drug-likeness (QED) is 0.448. The minimum Gasteiger partial charge on any atom is -0.497 e. The van der Waals surface area contributed by atoms with Crippen molar-refractivity contribution in [1.29, 1.82) is 0 Å². The van der Waals surface area contributed by atoms with Gasteiger partial charge in [0.25, 0.3) is 0 Å². The van der Waals surface area contributed by atoms with Crippen LogP contribution in [0.2, 0.25) is 0 Å². The molecule has 2 rings (SSSR count). The van der Waals surface area contributed by atoms with E-state index in [4.69, 9.17) is 17.0 Å². The van der Waals surface area contributed by atoms with Gasteiger partial charge in [-0.1, -0.05) is 25.1 Å². The average Bonchev–Trinajstić information content (AvgIpc) is 2.62. The third kappa shape index (κ3) is 6.08. The zero-order valence-corrected chi connectivity index (χ0v) is 15.6. The molecule has 0 amide bonds. The fourth-order valence-electron chi connectivity index (χ4n) is 2.30. The normalized spacial score (nSPS) is 10.5. The van der Waals surface area contributed by atoms with Gasteiger partial charge >= 0.3 is 0 Å². The zero-order chi connectivity index (χ0) is 18.1. The number of anilines is 2. The molecule has 0 atom stereocenters. The Morgan fingerprint density at radius 2 is 2.00 bits per heavy atom. The van der Waals surface area contributed by atoms with Gasteiger partial charge < -0.3 is 15.0 Å². The van der Waals surface area contributed by atoms with Crippen LogP contribution in [-0.4, -0.2) is 32.0 Å². The van der Waals surface area contributed by atoms with Gasteiger partial charge in [0.15, 0.2) is 5.11 Å². The van der Waals surface area contributed by atoms with Gasteiger partial charge in [-0.25, -0.2) is 0 Å². The Balaban J connectivity index is 1.86. The Morgan fingerprint density at radius 1 is 1.24 bits per heavy atom. The lowest BCUT2D eigenvalue weighted by Gasteiger charge is -2.18. The fraction of sp³-hybridized carbons (Fsp3) is 0.263. The van der Waals surface area contributed by atoms with Gasteiger partial charge in [0, 0.05) is 31.0 Å². The molecular formula is C19H24N4OS. The number of hydrogen-bond donors (Lipinski definition) is 2. The molecule has 2 aromatic rings. The van der Waals surface area contributed by atoms with Crippen molar-refractivity contribution >= 4 is 34.9 Å². The maximum atomic E-state index is 5.23. The molecule has 2 aromatic carbocycles. The molecule has 0 aliphatic carbocycles. The lowest BCUT2D eigenvalue weighted by Crippen LogP contribution is -2.23. The molecule has 0 saturated carbocycles. The van der Waals surface area contributed by atoms with Gasteiger partial charge in [-0.15, -0.1) is 0 Å². The molecule has 132 valence electrons. The summed E-state index contributed by atoms with van der Waals surface area (Å²) in [4.78, 5) is 2.23. The maximum absolute atomic E-state index is 5.23. The van der Waals surface area contributed by atoms with E-state index >= 15 is 0 Å². The largest absolute Gasteiger partial charge is 0.497 e. The van der Waals surface area contributed by atoms with Crippen LogP contribution >= 0.6 is 12.2 Å². The van der Waals surface area contributed by atoms with E-state index in [-0.39, 0.29) is 0 Å². The fourth-order valence-corrected chi connectivity index (χ4v) is 2.48. The molecule has 0 aliphatic heterocycles. The predicted molar refractivity (Wildman–Crippen MR) is 110 cm³/mol. The Hall–Kier alpha value is -2.60. The Bertz CT molecular complexity index is 716. The van der Waals surface area contributed by atoms with E-state index in [1.54, 1.807) is 13.3 Å². The molecule has 0 unspecified atom stereocenters. The van der Waals surface area contributed by atoms with Crippen LogP contribution < -0.4 is 20.4 Å². The standard InChI is InChI=1S/C19H24N4OS/c1-4-12-23(2)17-10-8-15(9-11-17)14-20-22-19(25)21-16-6-5-7-18(13-16)24-3/h5-11,13-14H,4,12H2,1-3H3,(H2,21,22,25). The molecule has 2 N–H and O–H groups in total. The summed E-state index contributed by atoms with van der Waals surface area (Å²) in [5.74, 6) is 0.768. The number of thiocarbonyl (C=S) groups is 1. The molecule has 0 radical (unpaired) electrons. The highest BCUT2D eigenvalue weighted by atomic mass is 32.1. The summed E-state index contributed by atoms with van der Waals surface area (Å²) in [6, 6.07) is 15.8. The van der Waals surface area contributed by atoms with E-state index in [0.717, 1.165) is 30.0 Å². The summed E-state index contributed by atoms with van der Waals surface area (Å²) < 4.78 is 5.18. The van der Waals surface area contributed by atoms with Crippen LogP contribution in [0.3, 0.4) is 0 Å². The van der Waals surface area contributed by atoms with Crippen LogP contribution in [0.15, 0.2) is 53.6 Å². The monoisotopic (exact) mass is 356 g/mol.